The van der Waals surface area contributed by atoms with E-state index in [0.29, 0.717) is 30.9 Å². The first kappa shape index (κ1) is 28.8. The SMILES string of the molecule is CC[C@H](C)NC(=O)[C@@H](Cc1ccccc1)N(Cc1ccc(C)cc1)C(=O)CCc1ccc(OC)c(OC)c1. The minimum Gasteiger partial charge on any atom is -0.493 e. The number of nitrogens with zero attached hydrogens (tertiary/aromatic N) is 1. The molecule has 0 unspecified atom stereocenters. The van der Waals surface area contributed by atoms with Gasteiger partial charge in [-0.25, -0.2) is 0 Å². The molecule has 0 aliphatic carbocycles. The van der Waals surface area contributed by atoms with Crippen molar-refractivity contribution in [1.29, 1.82) is 0 Å². The Morgan fingerprint density at radius 3 is 2.16 bits per heavy atom. The lowest BCUT2D eigenvalue weighted by Gasteiger charge is -2.32. The molecule has 3 aromatic carbocycles. The number of nitrogens with one attached hydrogen (secondary N) is 1. The number of aryl methyl sites for hydroxylation is 2. The maximum atomic E-state index is 13.8. The number of ether oxygens (including phenoxy) is 2. The van der Waals surface area contributed by atoms with Crippen molar-refractivity contribution in [3.8, 4) is 11.5 Å². The Labute approximate surface area is 227 Å². The van der Waals surface area contributed by atoms with Crippen molar-refractivity contribution in [3.05, 3.63) is 95.1 Å². The third-order valence-corrected chi connectivity index (χ3v) is 6.82. The van der Waals surface area contributed by atoms with Crippen molar-refractivity contribution in [2.75, 3.05) is 14.2 Å². The molecule has 6 nitrogen and oxygen atoms in total. The minimum absolute atomic E-state index is 0.0175. The summed E-state index contributed by atoms with van der Waals surface area (Å²) in [4.78, 5) is 29.2. The van der Waals surface area contributed by atoms with Crippen LogP contribution in [0.4, 0.5) is 0 Å². The third-order valence-electron chi connectivity index (χ3n) is 6.82. The molecule has 0 spiro atoms. The quantitative estimate of drug-likeness (QED) is 0.326. The lowest BCUT2D eigenvalue weighted by atomic mass is 10.0. The van der Waals surface area contributed by atoms with Crippen LogP contribution in [0.15, 0.2) is 72.8 Å². The molecule has 0 heterocycles. The number of benzene rings is 3. The van der Waals surface area contributed by atoms with E-state index in [2.05, 4.69) is 5.32 Å². The Morgan fingerprint density at radius 2 is 1.53 bits per heavy atom. The summed E-state index contributed by atoms with van der Waals surface area (Å²) in [7, 11) is 3.20. The lowest BCUT2D eigenvalue weighted by molar-refractivity contribution is -0.141. The fraction of sp³-hybridized carbons (Fsp3) is 0.375. The molecule has 0 bridgehead atoms. The van der Waals surface area contributed by atoms with Crippen LogP contribution in [0.2, 0.25) is 0 Å². The molecule has 3 aromatic rings. The smallest absolute Gasteiger partial charge is 0.243 e. The maximum absolute atomic E-state index is 13.8. The zero-order chi connectivity index (χ0) is 27.5. The fourth-order valence-electron chi connectivity index (χ4n) is 4.32. The highest BCUT2D eigenvalue weighted by atomic mass is 16.5. The normalized spacial score (nSPS) is 12.3. The van der Waals surface area contributed by atoms with Gasteiger partial charge in [0.2, 0.25) is 11.8 Å². The van der Waals surface area contributed by atoms with Crippen molar-refractivity contribution < 1.29 is 19.1 Å². The molecule has 0 aromatic heterocycles. The number of carbonyl (C=O) groups excluding carboxylic acids is 2. The highest BCUT2D eigenvalue weighted by Crippen LogP contribution is 2.28. The van der Waals surface area contributed by atoms with E-state index in [-0.39, 0.29) is 24.3 Å². The van der Waals surface area contributed by atoms with Crippen LogP contribution in [0.5, 0.6) is 11.5 Å². The van der Waals surface area contributed by atoms with Gasteiger partial charge >= 0.3 is 0 Å². The first-order chi connectivity index (χ1) is 18.3. The van der Waals surface area contributed by atoms with Gasteiger partial charge in [-0.1, -0.05) is 73.2 Å². The van der Waals surface area contributed by atoms with Gasteiger partial charge in [0.25, 0.3) is 0 Å². The average molecular weight is 517 g/mol. The zero-order valence-corrected chi connectivity index (χ0v) is 23.2. The second-order valence-corrected chi connectivity index (χ2v) is 9.72. The predicted molar refractivity (Wildman–Crippen MR) is 151 cm³/mol. The van der Waals surface area contributed by atoms with Crippen molar-refractivity contribution in [2.45, 2.75) is 65.1 Å². The first-order valence-electron chi connectivity index (χ1n) is 13.2. The monoisotopic (exact) mass is 516 g/mol. The molecule has 6 heteroatoms. The van der Waals surface area contributed by atoms with E-state index in [4.69, 9.17) is 9.47 Å². The van der Waals surface area contributed by atoms with Crippen molar-refractivity contribution in [2.24, 2.45) is 0 Å². The van der Waals surface area contributed by atoms with Gasteiger partial charge in [0.1, 0.15) is 6.04 Å². The van der Waals surface area contributed by atoms with Crippen molar-refractivity contribution >= 4 is 11.8 Å². The first-order valence-corrected chi connectivity index (χ1v) is 13.2. The molecule has 202 valence electrons. The molecule has 0 aliphatic rings. The summed E-state index contributed by atoms with van der Waals surface area (Å²) in [5.74, 6) is 1.08. The average Bonchev–Trinajstić information content (AvgIpc) is 2.94. The Morgan fingerprint density at radius 1 is 0.868 bits per heavy atom. The molecular weight excluding hydrogens is 476 g/mol. The summed E-state index contributed by atoms with van der Waals surface area (Å²) >= 11 is 0. The van der Waals surface area contributed by atoms with Crippen LogP contribution in [0.25, 0.3) is 0 Å². The maximum Gasteiger partial charge on any atom is 0.243 e. The van der Waals surface area contributed by atoms with Crippen molar-refractivity contribution in [1.82, 2.24) is 10.2 Å². The second kappa shape index (κ2) is 14.2. The number of carbonyl (C=O) groups is 2. The number of rotatable bonds is 13. The van der Waals surface area contributed by atoms with Gasteiger partial charge in [0.15, 0.2) is 11.5 Å². The Hall–Kier alpha value is -3.80. The molecule has 0 saturated heterocycles. The summed E-state index contributed by atoms with van der Waals surface area (Å²) in [5, 5.41) is 3.12. The number of hydrogen-bond donors (Lipinski definition) is 1. The fourth-order valence-corrected chi connectivity index (χ4v) is 4.32. The van der Waals surface area contributed by atoms with E-state index >= 15 is 0 Å². The molecule has 0 saturated carbocycles. The molecule has 2 atom stereocenters. The van der Waals surface area contributed by atoms with Gasteiger partial charge in [-0.3, -0.25) is 9.59 Å². The van der Waals surface area contributed by atoms with E-state index in [0.717, 1.165) is 28.7 Å². The number of methoxy groups -OCH3 is 2. The molecule has 38 heavy (non-hydrogen) atoms. The largest absolute Gasteiger partial charge is 0.493 e. The van der Waals surface area contributed by atoms with Gasteiger partial charge in [-0.15, -0.1) is 0 Å². The molecule has 3 rings (SSSR count). The molecular formula is C32H40N2O4. The van der Waals surface area contributed by atoms with Gasteiger partial charge in [0, 0.05) is 25.4 Å². The van der Waals surface area contributed by atoms with Gasteiger partial charge in [-0.05, 0) is 55.5 Å². The highest BCUT2D eigenvalue weighted by Gasteiger charge is 2.30. The van der Waals surface area contributed by atoms with Crippen molar-refractivity contribution in [3.63, 3.8) is 0 Å². The van der Waals surface area contributed by atoms with E-state index < -0.39 is 6.04 Å². The number of amides is 2. The van der Waals surface area contributed by atoms with Crippen LogP contribution in [-0.4, -0.2) is 43.0 Å². The summed E-state index contributed by atoms with van der Waals surface area (Å²) in [6, 6.07) is 23.1. The van der Waals surface area contributed by atoms with Gasteiger partial charge in [0.05, 0.1) is 14.2 Å². The summed E-state index contributed by atoms with van der Waals surface area (Å²) in [6.45, 7) is 6.42. The Balaban J connectivity index is 1.90. The second-order valence-electron chi connectivity index (χ2n) is 9.72. The van der Waals surface area contributed by atoms with Crippen LogP contribution in [-0.2, 0) is 29.0 Å². The van der Waals surface area contributed by atoms with Crippen LogP contribution >= 0.6 is 0 Å². The van der Waals surface area contributed by atoms with E-state index in [1.165, 1.54) is 0 Å². The highest BCUT2D eigenvalue weighted by molar-refractivity contribution is 5.88. The molecule has 0 radical (unpaired) electrons. The van der Waals surface area contributed by atoms with E-state index in [9.17, 15) is 9.59 Å². The van der Waals surface area contributed by atoms with Crippen LogP contribution < -0.4 is 14.8 Å². The van der Waals surface area contributed by atoms with Crippen LogP contribution in [0.3, 0.4) is 0 Å². The molecule has 2 amide bonds. The zero-order valence-electron chi connectivity index (χ0n) is 23.2. The molecule has 0 fully saturated rings. The standard InChI is InChI=1S/C32H40N2O4/c1-6-24(3)33-32(36)28(20-25-10-8-7-9-11-25)34(22-27-14-12-23(2)13-15-27)31(35)19-17-26-16-18-29(37-4)30(21-26)38-5/h7-16,18,21,24,28H,6,17,19-20,22H2,1-5H3,(H,33,36)/t24-,28+/m0/s1. The van der Waals surface area contributed by atoms with Gasteiger partial charge in [-0.2, -0.15) is 0 Å². The van der Waals surface area contributed by atoms with Crippen LogP contribution in [0.1, 0.15) is 48.9 Å². The van der Waals surface area contributed by atoms with E-state index in [1.807, 2.05) is 93.6 Å². The Bertz CT molecular complexity index is 1180. The summed E-state index contributed by atoms with van der Waals surface area (Å²) in [6.07, 6.45) is 2.05. The predicted octanol–water partition coefficient (Wildman–Crippen LogP) is 5.50. The minimum atomic E-state index is -0.634. The lowest BCUT2D eigenvalue weighted by Crippen LogP contribution is -2.52. The molecule has 0 aliphatic heterocycles. The van der Waals surface area contributed by atoms with E-state index in [1.54, 1.807) is 19.1 Å². The third kappa shape index (κ3) is 8.10. The van der Waals surface area contributed by atoms with Crippen LogP contribution in [0, 0.1) is 6.92 Å². The summed E-state index contributed by atoms with van der Waals surface area (Å²) in [5.41, 5.74) is 4.12. The summed E-state index contributed by atoms with van der Waals surface area (Å²) < 4.78 is 10.8. The van der Waals surface area contributed by atoms with Gasteiger partial charge < -0.3 is 19.7 Å². The topological polar surface area (TPSA) is 67.9 Å². The Kier molecular flexibility index (Phi) is 10.8. The number of hydrogen-bond acceptors (Lipinski definition) is 4. The molecule has 1 N–H and O–H groups in total.